The van der Waals surface area contributed by atoms with E-state index in [0.717, 1.165) is 23.4 Å². The van der Waals surface area contributed by atoms with E-state index < -0.39 is 0 Å². The molecule has 0 radical (unpaired) electrons. The lowest BCUT2D eigenvalue weighted by molar-refractivity contribution is 0.629. The van der Waals surface area contributed by atoms with Crippen LogP contribution in [0.5, 0.6) is 0 Å². The summed E-state index contributed by atoms with van der Waals surface area (Å²) in [5.74, 6) is -0.0950. The van der Waals surface area contributed by atoms with Gasteiger partial charge in [0.05, 0.1) is 5.33 Å². The van der Waals surface area contributed by atoms with Crippen LogP contribution in [-0.2, 0) is 5.41 Å². The Balaban J connectivity index is 2.27. The summed E-state index contributed by atoms with van der Waals surface area (Å²) in [7, 11) is 0. The summed E-state index contributed by atoms with van der Waals surface area (Å²) in [5.41, 5.74) is 1.09. The Kier molecular flexibility index (Phi) is 3.17. The molecular weight excluding hydrogens is 278 g/mol. The fourth-order valence-corrected chi connectivity index (χ4v) is 2.06. The molecule has 0 atom stereocenters. The van der Waals surface area contributed by atoms with Crippen LogP contribution in [0.4, 0.5) is 4.39 Å². The number of halogens is 3. The molecule has 1 aromatic rings. The molecular formula is C12H11BrClF. The molecule has 1 aromatic carbocycles. The summed E-state index contributed by atoms with van der Waals surface area (Å²) in [6, 6.07) is 7.67. The highest BCUT2D eigenvalue weighted by atomic mass is 79.9. The maximum Gasteiger partial charge on any atom is 0.107 e. The van der Waals surface area contributed by atoms with E-state index in [1.165, 1.54) is 0 Å². The van der Waals surface area contributed by atoms with Gasteiger partial charge in [0, 0.05) is 10.4 Å². The molecule has 0 heterocycles. The van der Waals surface area contributed by atoms with Crippen LogP contribution in [0.15, 0.2) is 36.2 Å². The predicted molar refractivity (Wildman–Crippen MR) is 65.3 cm³/mol. The van der Waals surface area contributed by atoms with E-state index in [4.69, 9.17) is 11.6 Å². The van der Waals surface area contributed by atoms with Crippen molar-refractivity contribution in [1.82, 2.24) is 0 Å². The third-order valence-electron chi connectivity index (χ3n) is 2.77. The summed E-state index contributed by atoms with van der Waals surface area (Å²) in [5, 5.41) is 1.02. The van der Waals surface area contributed by atoms with Gasteiger partial charge < -0.3 is 0 Å². The number of rotatable bonds is 3. The van der Waals surface area contributed by atoms with Crippen molar-refractivity contribution in [2.45, 2.75) is 18.3 Å². The topological polar surface area (TPSA) is 0 Å². The Bertz CT molecular complexity index is 379. The number of benzene rings is 1. The third kappa shape index (κ3) is 2.43. The Morgan fingerprint density at radius 3 is 2.47 bits per heavy atom. The van der Waals surface area contributed by atoms with Crippen molar-refractivity contribution in [3.63, 3.8) is 0 Å². The first-order chi connectivity index (χ1) is 7.16. The van der Waals surface area contributed by atoms with Gasteiger partial charge in [0.15, 0.2) is 0 Å². The second-order valence-electron chi connectivity index (χ2n) is 3.89. The van der Waals surface area contributed by atoms with Crippen LogP contribution in [0.1, 0.15) is 18.4 Å². The SMILES string of the molecule is F/C(=C\C1(c2ccc(Cl)cc2)CC1)CBr. The van der Waals surface area contributed by atoms with Gasteiger partial charge in [0.25, 0.3) is 0 Å². The Morgan fingerprint density at radius 1 is 1.40 bits per heavy atom. The third-order valence-corrected chi connectivity index (χ3v) is 3.56. The lowest BCUT2D eigenvalue weighted by Gasteiger charge is -2.10. The maximum atomic E-state index is 13.2. The first-order valence-electron chi connectivity index (χ1n) is 4.85. The molecule has 0 aromatic heterocycles. The minimum Gasteiger partial charge on any atom is -0.211 e. The number of allylic oxidation sites excluding steroid dienone is 2. The molecule has 0 amide bonds. The predicted octanol–water partition coefficient (Wildman–Crippen LogP) is 4.62. The molecule has 0 aliphatic heterocycles. The van der Waals surface area contributed by atoms with Gasteiger partial charge in [-0.3, -0.25) is 0 Å². The molecule has 0 saturated heterocycles. The highest BCUT2D eigenvalue weighted by Crippen LogP contribution is 2.50. The van der Waals surface area contributed by atoms with E-state index >= 15 is 0 Å². The minimum atomic E-state index is -0.0950. The van der Waals surface area contributed by atoms with Crippen molar-refractivity contribution in [1.29, 1.82) is 0 Å². The van der Waals surface area contributed by atoms with Crippen LogP contribution in [0.3, 0.4) is 0 Å². The molecule has 0 bridgehead atoms. The first kappa shape index (κ1) is 11.2. The normalized spacial score (nSPS) is 19.0. The van der Waals surface area contributed by atoms with Gasteiger partial charge in [0.1, 0.15) is 5.83 Å². The second kappa shape index (κ2) is 4.26. The van der Waals surface area contributed by atoms with Crippen LogP contribution in [0.2, 0.25) is 5.02 Å². The zero-order chi connectivity index (χ0) is 10.9. The van der Waals surface area contributed by atoms with Crippen molar-refractivity contribution in [2.75, 3.05) is 5.33 Å². The van der Waals surface area contributed by atoms with Gasteiger partial charge >= 0.3 is 0 Å². The summed E-state index contributed by atoms with van der Waals surface area (Å²) in [6.07, 6.45) is 3.77. The highest BCUT2D eigenvalue weighted by molar-refractivity contribution is 9.09. The molecule has 0 nitrogen and oxygen atoms in total. The molecule has 2 rings (SSSR count). The molecule has 80 valence electrons. The summed E-state index contributed by atoms with van der Waals surface area (Å²) in [6.45, 7) is 0. The molecule has 0 unspecified atom stereocenters. The number of hydrogen-bond donors (Lipinski definition) is 0. The van der Waals surface area contributed by atoms with E-state index in [-0.39, 0.29) is 11.2 Å². The van der Waals surface area contributed by atoms with Gasteiger partial charge in [-0.15, -0.1) is 0 Å². The Hall–Kier alpha value is -0.340. The average Bonchev–Trinajstić information content (AvgIpc) is 3.00. The van der Waals surface area contributed by atoms with Crippen molar-refractivity contribution < 1.29 is 4.39 Å². The molecule has 1 aliphatic carbocycles. The van der Waals surface area contributed by atoms with E-state index in [9.17, 15) is 4.39 Å². The van der Waals surface area contributed by atoms with Crippen LogP contribution in [0.25, 0.3) is 0 Å². The summed E-state index contributed by atoms with van der Waals surface area (Å²) in [4.78, 5) is 0. The van der Waals surface area contributed by atoms with Gasteiger partial charge in [0.2, 0.25) is 0 Å². The molecule has 0 spiro atoms. The van der Waals surface area contributed by atoms with Gasteiger partial charge in [-0.05, 0) is 36.6 Å². The van der Waals surface area contributed by atoms with Gasteiger partial charge in [-0.1, -0.05) is 39.7 Å². The van der Waals surface area contributed by atoms with Crippen molar-refractivity contribution in [2.24, 2.45) is 0 Å². The van der Waals surface area contributed by atoms with E-state index in [0.29, 0.717) is 5.33 Å². The fourth-order valence-electron chi connectivity index (χ4n) is 1.77. The van der Waals surface area contributed by atoms with Crippen LogP contribution >= 0.6 is 27.5 Å². The molecule has 1 aliphatic rings. The standard InChI is InChI=1S/C12H11BrClF/c13-8-11(15)7-12(5-6-12)9-1-3-10(14)4-2-9/h1-4,7H,5-6,8H2/b11-7-. The number of hydrogen-bond acceptors (Lipinski definition) is 0. The van der Waals surface area contributed by atoms with Crippen molar-refractivity contribution >= 4 is 27.5 Å². The van der Waals surface area contributed by atoms with E-state index in [1.807, 2.05) is 24.3 Å². The second-order valence-corrected chi connectivity index (χ2v) is 4.89. The van der Waals surface area contributed by atoms with Crippen LogP contribution in [-0.4, -0.2) is 5.33 Å². The first-order valence-corrected chi connectivity index (χ1v) is 6.35. The smallest absolute Gasteiger partial charge is 0.107 e. The van der Waals surface area contributed by atoms with Gasteiger partial charge in [-0.25, -0.2) is 4.39 Å². The zero-order valence-corrected chi connectivity index (χ0v) is 10.5. The Labute approximate surface area is 102 Å². The quantitative estimate of drug-likeness (QED) is 0.712. The molecule has 3 heteroatoms. The largest absolute Gasteiger partial charge is 0.211 e. The Morgan fingerprint density at radius 2 is 2.00 bits per heavy atom. The molecule has 0 N–H and O–H groups in total. The molecule has 15 heavy (non-hydrogen) atoms. The number of alkyl halides is 1. The highest BCUT2D eigenvalue weighted by Gasteiger charge is 2.42. The lowest BCUT2D eigenvalue weighted by Crippen LogP contribution is -2.02. The van der Waals surface area contributed by atoms with Crippen molar-refractivity contribution in [3.05, 3.63) is 46.8 Å². The van der Waals surface area contributed by atoms with Gasteiger partial charge in [-0.2, -0.15) is 0 Å². The summed E-state index contributed by atoms with van der Waals surface area (Å²) >= 11 is 8.93. The lowest BCUT2D eigenvalue weighted by atomic mass is 9.95. The molecule has 1 saturated carbocycles. The van der Waals surface area contributed by atoms with Crippen molar-refractivity contribution in [3.8, 4) is 0 Å². The molecule has 1 fully saturated rings. The van der Waals surface area contributed by atoms with E-state index in [2.05, 4.69) is 15.9 Å². The average molecular weight is 290 g/mol. The fraction of sp³-hybridized carbons (Fsp3) is 0.333. The van der Waals surface area contributed by atoms with E-state index in [1.54, 1.807) is 6.08 Å². The van der Waals surface area contributed by atoms with Crippen LogP contribution < -0.4 is 0 Å². The zero-order valence-electron chi connectivity index (χ0n) is 8.14. The summed E-state index contributed by atoms with van der Waals surface area (Å²) < 4.78 is 13.2. The monoisotopic (exact) mass is 288 g/mol. The van der Waals surface area contributed by atoms with Crippen LogP contribution in [0, 0.1) is 0 Å². The minimum absolute atomic E-state index is 0.0670. The maximum absolute atomic E-state index is 13.2.